The summed E-state index contributed by atoms with van der Waals surface area (Å²) in [5, 5.41) is 13.4. The number of aromatic carboxylic acids is 1. The van der Waals surface area contributed by atoms with Gasteiger partial charge in [0.1, 0.15) is 4.90 Å². The number of hydrogen-bond acceptors (Lipinski definition) is 5. The molecule has 2 N–H and O–H groups in total. The number of nitrogens with zero attached hydrogens (tertiary/aromatic N) is 1. The number of fused-ring (bicyclic) bond motifs is 1. The first-order valence-corrected chi connectivity index (χ1v) is 9.24. The van der Waals surface area contributed by atoms with Crippen LogP contribution in [-0.4, -0.2) is 24.5 Å². The van der Waals surface area contributed by atoms with Crippen molar-refractivity contribution in [1.82, 2.24) is 4.98 Å². The molecular weight excluding hydrogens is 399 g/mol. The zero-order valence-electron chi connectivity index (χ0n) is 13.3. The summed E-state index contributed by atoms with van der Waals surface area (Å²) in [6.07, 6.45) is 1.23. The number of halogens is 2. The van der Waals surface area contributed by atoms with Gasteiger partial charge in [-0.25, -0.2) is 13.2 Å². The highest BCUT2D eigenvalue weighted by atomic mass is 35.5. The van der Waals surface area contributed by atoms with Crippen molar-refractivity contribution in [3.8, 4) is 0 Å². The van der Waals surface area contributed by atoms with E-state index in [-0.39, 0.29) is 26.9 Å². The van der Waals surface area contributed by atoms with Gasteiger partial charge < -0.3 is 10.4 Å². The summed E-state index contributed by atoms with van der Waals surface area (Å²) in [6, 6.07) is 7.55. The van der Waals surface area contributed by atoms with Gasteiger partial charge in [0.15, 0.2) is 10.7 Å². The summed E-state index contributed by atoms with van der Waals surface area (Å²) in [5.41, 5.74) is 1.64. The second-order valence-electron chi connectivity index (χ2n) is 5.51. The Morgan fingerprint density at radius 1 is 1.15 bits per heavy atom. The highest BCUT2D eigenvalue weighted by Crippen LogP contribution is 2.34. The molecule has 134 valence electrons. The molecule has 0 aliphatic rings. The lowest BCUT2D eigenvalue weighted by Crippen LogP contribution is -2.05. The van der Waals surface area contributed by atoms with Crippen LogP contribution < -0.4 is 5.32 Å². The number of nitrogens with one attached hydrogen (secondary N) is 1. The van der Waals surface area contributed by atoms with Gasteiger partial charge in [-0.3, -0.25) is 4.98 Å². The number of benzene rings is 2. The van der Waals surface area contributed by atoms with E-state index in [1.807, 2.05) is 0 Å². The molecule has 0 aliphatic heterocycles. The smallest absolute Gasteiger partial charge is 0.337 e. The molecule has 0 amide bonds. The van der Waals surface area contributed by atoms with E-state index in [9.17, 15) is 18.3 Å². The number of pyridine rings is 1. The molecule has 0 unspecified atom stereocenters. The predicted octanol–water partition coefficient (Wildman–Crippen LogP) is 4.26. The Morgan fingerprint density at radius 3 is 2.54 bits per heavy atom. The maximum absolute atomic E-state index is 11.7. The first-order chi connectivity index (χ1) is 12.3. The Kier molecular flexibility index (Phi) is 5.04. The average Bonchev–Trinajstić information content (AvgIpc) is 2.56. The van der Waals surface area contributed by atoms with Gasteiger partial charge in [0.05, 0.1) is 22.5 Å². The molecule has 0 fully saturated rings. The van der Waals surface area contributed by atoms with Gasteiger partial charge in [-0.1, -0.05) is 23.2 Å². The molecule has 9 heteroatoms. The molecule has 0 saturated heterocycles. The third-order valence-corrected chi connectivity index (χ3v) is 4.96. The van der Waals surface area contributed by atoms with Crippen molar-refractivity contribution in [3.63, 3.8) is 0 Å². The Hall–Kier alpha value is -2.35. The monoisotopic (exact) mass is 410 g/mol. The minimum absolute atomic E-state index is 0.0690. The van der Waals surface area contributed by atoms with Crippen molar-refractivity contribution in [1.29, 1.82) is 0 Å². The third kappa shape index (κ3) is 3.46. The standard InChI is InChI=1S/C17H12Cl2N2O4S/c1-8-4-10(19)6-12-15(8)20-7-14(26(24)25)16(12)21-13-3-2-9(18)5-11(13)17(22)23/h2-7,26H,1H3,(H,20,21)(H,22,23). The van der Waals surface area contributed by atoms with Gasteiger partial charge in [-0.15, -0.1) is 0 Å². The zero-order valence-corrected chi connectivity index (χ0v) is 15.7. The fraction of sp³-hybridized carbons (Fsp3) is 0.0588. The van der Waals surface area contributed by atoms with E-state index in [0.29, 0.717) is 15.9 Å². The van der Waals surface area contributed by atoms with Crippen LogP contribution in [0.2, 0.25) is 10.0 Å². The van der Waals surface area contributed by atoms with E-state index >= 15 is 0 Å². The SMILES string of the molecule is Cc1cc(Cl)cc2c(Nc3ccc(Cl)cc3C(=O)O)c([SH](=O)=O)cnc12. The van der Waals surface area contributed by atoms with Gasteiger partial charge >= 0.3 is 5.97 Å². The van der Waals surface area contributed by atoms with E-state index in [4.69, 9.17) is 23.2 Å². The largest absolute Gasteiger partial charge is 0.478 e. The van der Waals surface area contributed by atoms with Gasteiger partial charge in [-0.2, -0.15) is 0 Å². The quantitative estimate of drug-likeness (QED) is 0.555. The molecule has 0 spiro atoms. The van der Waals surface area contributed by atoms with Crippen LogP contribution in [0.15, 0.2) is 41.4 Å². The molecule has 1 aromatic heterocycles. The van der Waals surface area contributed by atoms with Crippen LogP contribution in [0, 0.1) is 6.92 Å². The van der Waals surface area contributed by atoms with Crippen LogP contribution in [0.25, 0.3) is 10.9 Å². The average molecular weight is 411 g/mol. The first-order valence-electron chi connectivity index (χ1n) is 7.31. The number of carboxylic acid groups (broad SMARTS) is 1. The van der Waals surface area contributed by atoms with Crippen molar-refractivity contribution >= 4 is 62.2 Å². The summed E-state index contributed by atoms with van der Waals surface area (Å²) in [5.74, 6) is -1.20. The third-order valence-electron chi connectivity index (χ3n) is 3.78. The van der Waals surface area contributed by atoms with E-state index < -0.39 is 16.7 Å². The normalized spacial score (nSPS) is 11.1. The van der Waals surface area contributed by atoms with E-state index in [1.165, 1.54) is 24.4 Å². The van der Waals surface area contributed by atoms with Gasteiger partial charge in [0.25, 0.3) is 0 Å². The first kappa shape index (κ1) is 18.4. The lowest BCUT2D eigenvalue weighted by atomic mass is 10.1. The number of anilines is 2. The van der Waals surface area contributed by atoms with Gasteiger partial charge in [-0.05, 0) is 42.8 Å². The molecule has 1 heterocycles. The molecule has 0 radical (unpaired) electrons. The molecule has 0 atom stereocenters. The second-order valence-corrected chi connectivity index (χ2v) is 7.38. The number of hydrogen-bond donors (Lipinski definition) is 3. The second kappa shape index (κ2) is 7.11. The van der Waals surface area contributed by atoms with E-state index in [2.05, 4.69) is 10.3 Å². The van der Waals surface area contributed by atoms with Crippen LogP contribution >= 0.6 is 23.2 Å². The number of thiol groups is 1. The Morgan fingerprint density at radius 2 is 1.88 bits per heavy atom. The predicted molar refractivity (Wildman–Crippen MR) is 102 cm³/mol. The van der Waals surface area contributed by atoms with Crippen LogP contribution in [0.1, 0.15) is 15.9 Å². The van der Waals surface area contributed by atoms with Crippen LogP contribution in [-0.2, 0) is 10.7 Å². The minimum Gasteiger partial charge on any atom is -0.478 e. The Bertz CT molecular complexity index is 1120. The fourth-order valence-electron chi connectivity index (χ4n) is 2.63. The Balaban J connectivity index is 2.31. The summed E-state index contributed by atoms with van der Waals surface area (Å²) in [6.45, 7) is 1.80. The molecular formula is C17H12Cl2N2O4S. The summed E-state index contributed by atoms with van der Waals surface area (Å²) >= 11 is 12.0. The highest BCUT2D eigenvalue weighted by Gasteiger charge is 2.17. The molecule has 3 aromatic rings. The molecule has 0 bridgehead atoms. The van der Waals surface area contributed by atoms with Crippen molar-refractivity contribution in [2.45, 2.75) is 11.8 Å². The summed E-state index contributed by atoms with van der Waals surface area (Å²) < 4.78 is 23.4. The van der Waals surface area contributed by atoms with Crippen molar-refractivity contribution in [2.75, 3.05) is 5.32 Å². The lowest BCUT2D eigenvalue weighted by molar-refractivity contribution is 0.0698. The fourth-order valence-corrected chi connectivity index (χ4v) is 3.59. The molecule has 6 nitrogen and oxygen atoms in total. The zero-order chi connectivity index (χ0) is 19.0. The Labute approximate surface area is 160 Å². The van der Waals surface area contributed by atoms with Crippen molar-refractivity contribution < 1.29 is 18.3 Å². The topological polar surface area (TPSA) is 96.4 Å². The van der Waals surface area contributed by atoms with Gasteiger partial charge in [0, 0.05) is 21.6 Å². The number of carbonyl (C=O) groups is 1. The molecule has 26 heavy (non-hydrogen) atoms. The number of aromatic nitrogens is 1. The molecule has 0 saturated carbocycles. The van der Waals surface area contributed by atoms with Crippen molar-refractivity contribution in [2.24, 2.45) is 0 Å². The van der Waals surface area contributed by atoms with Crippen LogP contribution in [0.3, 0.4) is 0 Å². The highest BCUT2D eigenvalue weighted by molar-refractivity contribution is 7.72. The molecule has 0 aliphatic carbocycles. The summed E-state index contributed by atoms with van der Waals surface area (Å²) in [4.78, 5) is 15.6. The maximum Gasteiger partial charge on any atom is 0.337 e. The minimum atomic E-state index is -2.98. The number of aryl methyl sites for hydroxylation is 1. The molecule has 2 aromatic carbocycles. The van der Waals surface area contributed by atoms with Crippen LogP contribution in [0.5, 0.6) is 0 Å². The maximum atomic E-state index is 11.7. The molecule has 3 rings (SSSR count). The number of rotatable bonds is 4. The van der Waals surface area contributed by atoms with Crippen molar-refractivity contribution in [3.05, 3.63) is 57.7 Å². The van der Waals surface area contributed by atoms with Crippen LogP contribution in [0.4, 0.5) is 11.4 Å². The summed E-state index contributed by atoms with van der Waals surface area (Å²) in [7, 11) is -2.98. The number of carboxylic acids is 1. The van der Waals surface area contributed by atoms with Gasteiger partial charge in [0.2, 0.25) is 0 Å². The van der Waals surface area contributed by atoms with E-state index in [0.717, 1.165) is 5.56 Å². The van der Waals surface area contributed by atoms with E-state index in [1.54, 1.807) is 19.1 Å². The lowest BCUT2D eigenvalue weighted by Gasteiger charge is -2.15.